The van der Waals surface area contributed by atoms with Gasteiger partial charge in [-0.15, -0.1) is 0 Å². The number of hydrogen-bond acceptors (Lipinski definition) is 12. The number of carboxylic acids is 5. The van der Waals surface area contributed by atoms with Crippen LogP contribution in [0.4, 0.5) is 4.79 Å². The van der Waals surface area contributed by atoms with Gasteiger partial charge in [0.2, 0.25) is 5.91 Å². The van der Waals surface area contributed by atoms with E-state index in [2.05, 4.69) is 25.9 Å². The predicted octanol–water partition coefficient (Wildman–Crippen LogP) is -0.299. The van der Waals surface area contributed by atoms with E-state index in [4.69, 9.17) is 10.8 Å². The number of amides is 3. The fourth-order valence-corrected chi connectivity index (χ4v) is 5.63. The lowest BCUT2D eigenvalue weighted by Gasteiger charge is -2.23. The minimum absolute atomic E-state index is 0.0678. The van der Waals surface area contributed by atoms with Crippen LogP contribution in [0.5, 0.6) is 0 Å². The summed E-state index contributed by atoms with van der Waals surface area (Å²) < 4.78 is 2.97. The molecule has 4 unspecified atom stereocenters. The summed E-state index contributed by atoms with van der Waals surface area (Å²) in [5.74, 6) is -6.75. The number of aromatic nitrogens is 4. The van der Waals surface area contributed by atoms with Gasteiger partial charge in [-0.3, -0.25) is 28.9 Å². The fraction of sp³-hybridized carbons (Fsp3) is 0.588. The molecule has 310 valence electrons. The number of nitrogens with two attached hydrogens (primary N) is 1. The summed E-state index contributed by atoms with van der Waals surface area (Å²) in [6, 6.07) is -4.84. The van der Waals surface area contributed by atoms with Crippen LogP contribution in [0.1, 0.15) is 76.4 Å². The summed E-state index contributed by atoms with van der Waals surface area (Å²) in [4.78, 5) is 105. The van der Waals surface area contributed by atoms with Crippen LogP contribution in [0.25, 0.3) is 0 Å². The molecule has 3 amide bonds. The molecule has 0 saturated heterocycles. The molecule has 0 spiro atoms. The van der Waals surface area contributed by atoms with E-state index in [1.165, 1.54) is 28.5 Å². The minimum atomic E-state index is -1.54. The van der Waals surface area contributed by atoms with E-state index in [1.807, 2.05) is 4.90 Å². The Morgan fingerprint density at radius 3 is 1.73 bits per heavy atom. The number of Topliss-reactive ketones (excluding diaryl/α,β-unsaturated/α-hetero) is 1. The van der Waals surface area contributed by atoms with E-state index in [0.29, 0.717) is 43.9 Å². The molecule has 10 N–H and O–H groups in total. The van der Waals surface area contributed by atoms with Crippen LogP contribution in [0, 0.1) is 5.92 Å². The van der Waals surface area contributed by atoms with Gasteiger partial charge in [0.05, 0.1) is 19.1 Å². The Labute approximate surface area is 321 Å². The first-order valence-corrected chi connectivity index (χ1v) is 17.9. The number of imidazole rings is 2. The van der Waals surface area contributed by atoms with Crippen LogP contribution >= 0.6 is 0 Å². The number of urea groups is 1. The maximum Gasteiger partial charge on any atom is 0.326 e. The van der Waals surface area contributed by atoms with Crippen molar-refractivity contribution < 1.29 is 63.9 Å². The third-order valence-electron chi connectivity index (χ3n) is 8.62. The van der Waals surface area contributed by atoms with Crippen molar-refractivity contribution in [3.63, 3.8) is 0 Å². The summed E-state index contributed by atoms with van der Waals surface area (Å²) in [7, 11) is 0. The Hall–Kier alpha value is -5.90. The molecular weight excluding hydrogens is 742 g/mol. The number of rotatable bonds is 29. The SMILES string of the molecule is CC(N)C(=O)CC(CCCCN(Cc1nccn1CC(=O)O)Cc1nccn1CC(=O)O)C(=O)NCCCCC(NC(=O)NC(CCC(=O)O)C(=O)O)C(=O)O. The quantitative estimate of drug-likeness (QED) is 0.0477. The zero-order valence-electron chi connectivity index (χ0n) is 31.0. The highest BCUT2D eigenvalue weighted by Gasteiger charge is 2.26. The van der Waals surface area contributed by atoms with Crippen molar-refractivity contribution in [3.8, 4) is 0 Å². The van der Waals surface area contributed by atoms with Crippen LogP contribution in [0.15, 0.2) is 24.8 Å². The monoisotopic (exact) mass is 793 g/mol. The fourth-order valence-electron chi connectivity index (χ4n) is 5.63. The molecule has 0 aliphatic heterocycles. The first-order chi connectivity index (χ1) is 26.5. The molecule has 2 heterocycles. The molecule has 0 fully saturated rings. The number of hydrogen-bond donors (Lipinski definition) is 9. The molecule has 0 saturated carbocycles. The Morgan fingerprint density at radius 1 is 0.732 bits per heavy atom. The Bertz CT molecular complexity index is 1600. The molecule has 22 heteroatoms. The van der Waals surface area contributed by atoms with Gasteiger partial charge in [0.25, 0.3) is 0 Å². The van der Waals surface area contributed by atoms with Crippen LogP contribution in [0.2, 0.25) is 0 Å². The van der Waals surface area contributed by atoms with E-state index in [-0.39, 0.29) is 57.8 Å². The Kier molecular flexibility index (Phi) is 19.7. The third kappa shape index (κ3) is 17.5. The number of nitrogens with zero attached hydrogens (tertiary/aromatic N) is 5. The Morgan fingerprint density at radius 2 is 1.25 bits per heavy atom. The van der Waals surface area contributed by atoms with Gasteiger partial charge in [0.15, 0.2) is 0 Å². The molecule has 22 nitrogen and oxygen atoms in total. The van der Waals surface area contributed by atoms with E-state index in [0.717, 1.165) is 0 Å². The molecule has 4 atom stereocenters. The molecule has 0 aliphatic rings. The summed E-state index contributed by atoms with van der Waals surface area (Å²) in [6.07, 6.45) is 6.78. The molecule has 0 aliphatic carbocycles. The van der Waals surface area contributed by atoms with Gasteiger partial charge in [0, 0.05) is 50.1 Å². The second-order valence-corrected chi connectivity index (χ2v) is 13.2. The lowest BCUT2D eigenvalue weighted by molar-refractivity contribution is -0.141. The van der Waals surface area contributed by atoms with Crippen molar-refractivity contribution in [2.75, 3.05) is 13.1 Å². The topological polar surface area (TPSA) is 339 Å². The van der Waals surface area contributed by atoms with Crippen LogP contribution in [0.3, 0.4) is 0 Å². The van der Waals surface area contributed by atoms with Crippen molar-refractivity contribution in [1.29, 1.82) is 0 Å². The number of nitrogens with one attached hydrogen (secondary N) is 3. The highest BCUT2D eigenvalue weighted by atomic mass is 16.4. The lowest BCUT2D eigenvalue weighted by atomic mass is 9.93. The molecule has 56 heavy (non-hydrogen) atoms. The number of carboxylic acid groups (broad SMARTS) is 5. The maximum absolute atomic E-state index is 13.2. The molecular formula is C34H51N9O13. The standard InChI is InChI=1S/C34H51N9O13/c1-21(35)25(44)16-22(31(51)38-10-4-2-7-23(32(52)53)39-34(56)40-24(33(54)55)8-9-28(45)46)6-3-5-13-41(17-26-36-11-14-42(26)19-29(47)48)18-27-37-12-15-43(27)20-30(49)50/h11-12,14-15,21-24H,2-10,13,16-20,35H2,1H3,(H,38,51)(H,45,46)(H,47,48)(H,49,50)(H,52,53)(H,54,55)(H2,39,40,56). The molecule has 0 radical (unpaired) electrons. The van der Waals surface area contributed by atoms with Crippen molar-refractivity contribution in [3.05, 3.63) is 36.4 Å². The smallest absolute Gasteiger partial charge is 0.326 e. The van der Waals surface area contributed by atoms with Crippen LogP contribution in [-0.2, 0) is 59.7 Å². The second kappa shape index (κ2) is 23.8. The van der Waals surface area contributed by atoms with E-state index < -0.39 is 78.7 Å². The lowest BCUT2D eigenvalue weighted by Crippen LogP contribution is -2.51. The van der Waals surface area contributed by atoms with Gasteiger partial charge in [-0.1, -0.05) is 6.42 Å². The van der Waals surface area contributed by atoms with Gasteiger partial charge >= 0.3 is 35.9 Å². The van der Waals surface area contributed by atoms with Crippen LogP contribution < -0.4 is 21.7 Å². The van der Waals surface area contributed by atoms with Gasteiger partial charge in [-0.2, -0.15) is 0 Å². The van der Waals surface area contributed by atoms with E-state index in [1.54, 1.807) is 12.4 Å². The summed E-state index contributed by atoms with van der Waals surface area (Å²) in [5, 5.41) is 53.1. The molecule has 0 aromatic carbocycles. The molecule has 2 aromatic rings. The normalized spacial score (nSPS) is 13.3. The predicted molar refractivity (Wildman–Crippen MR) is 193 cm³/mol. The molecule has 0 bridgehead atoms. The van der Waals surface area contributed by atoms with E-state index in [9.17, 15) is 58.8 Å². The van der Waals surface area contributed by atoms with Crippen molar-refractivity contribution in [2.24, 2.45) is 11.7 Å². The highest BCUT2D eigenvalue weighted by molar-refractivity contribution is 5.89. The number of aliphatic carboxylic acids is 5. The van der Waals surface area contributed by atoms with Gasteiger partial charge in [-0.25, -0.2) is 24.4 Å². The van der Waals surface area contributed by atoms with Gasteiger partial charge < -0.3 is 56.4 Å². The summed E-state index contributed by atoms with van der Waals surface area (Å²) >= 11 is 0. The highest BCUT2D eigenvalue weighted by Crippen LogP contribution is 2.17. The maximum atomic E-state index is 13.2. The molecule has 2 rings (SSSR count). The second-order valence-electron chi connectivity index (χ2n) is 13.2. The third-order valence-corrected chi connectivity index (χ3v) is 8.62. The Balaban J connectivity index is 1.98. The first-order valence-electron chi connectivity index (χ1n) is 17.9. The van der Waals surface area contributed by atoms with E-state index >= 15 is 0 Å². The average molecular weight is 794 g/mol. The van der Waals surface area contributed by atoms with Crippen molar-refractivity contribution in [1.82, 2.24) is 40.0 Å². The zero-order chi connectivity index (χ0) is 41.8. The summed E-state index contributed by atoms with van der Waals surface area (Å²) in [6.45, 7) is 1.88. The van der Waals surface area contributed by atoms with Gasteiger partial charge in [-0.05, 0) is 52.0 Å². The average Bonchev–Trinajstić information content (AvgIpc) is 3.73. The first kappa shape index (κ1) is 46.3. The summed E-state index contributed by atoms with van der Waals surface area (Å²) in [5.41, 5.74) is 5.78. The number of unbranched alkanes of at least 4 members (excludes halogenated alkanes) is 2. The number of ketones is 1. The van der Waals surface area contributed by atoms with Gasteiger partial charge in [0.1, 0.15) is 42.6 Å². The van der Waals surface area contributed by atoms with Crippen LogP contribution in [-0.4, -0.2) is 128 Å². The van der Waals surface area contributed by atoms with Crippen molar-refractivity contribution >= 4 is 47.6 Å². The number of carbonyl (C=O) groups is 8. The number of carbonyl (C=O) groups excluding carboxylic acids is 3. The largest absolute Gasteiger partial charge is 0.481 e. The van der Waals surface area contributed by atoms with Crippen molar-refractivity contribution in [2.45, 2.75) is 109 Å². The minimum Gasteiger partial charge on any atom is -0.481 e. The zero-order valence-corrected chi connectivity index (χ0v) is 31.0. The molecule has 2 aromatic heterocycles.